The summed E-state index contributed by atoms with van der Waals surface area (Å²) in [4.78, 5) is 11.8. The smallest absolute Gasteiger partial charge is 0.312 e. The molecule has 2 atom stereocenters. The van der Waals surface area contributed by atoms with Crippen molar-refractivity contribution in [3.8, 4) is 0 Å². The van der Waals surface area contributed by atoms with Crippen molar-refractivity contribution >= 4 is 5.97 Å². The summed E-state index contributed by atoms with van der Waals surface area (Å²) in [7, 11) is 0. The van der Waals surface area contributed by atoms with Crippen LogP contribution in [-0.4, -0.2) is 24.3 Å². The van der Waals surface area contributed by atoms with Crippen LogP contribution in [0.3, 0.4) is 0 Å². The van der Waals surface area contributed by atoms with Crippen LogP contribution in [0.25, 0.3) is 0 Å². The Morgan fingerprint density at radius 1 is 1.33 bits per heavy atom. The molecule has 1 fully saturated rings. The van der Waals surface area contributed by atoms with E-state index in [9.17, 15) is 4.79 Å². The summed E-state index contributed by atoms with van der Waals surface area (Å²) in [6, 6.07) is 0. The lowest BCUT2D eigenvalue weighted by Crippen LogP contribution is -2.26. The van der Waals surface area contributed by atoms with Crippen LogP contribution in [0.15, 0.2) is 0 Å². The van der Waals surface area contributed by atoms with Crippen LogP contribution in [0.2, 0.25) is 0 Å². The molecule has 0 aromatic carbocycles. The molecule has 0 radical (unpaired) electrons. The number of rotatable bonds is 3. The first-order valence-electron chi connectivity index (χ1n) is 5.54. The van der Waals surface area contributed by atoms with E-state index in [1.165, 1.54) is 0 Å². The molecule has 0 aromatic heterocycles. The molecule has 1 aliphatic rings. The largest absolute Gasteiger partial charge is 0.460 e. The highest BCUT2D eigenvalue weighted by molar-refractivity contribution is 5.78. The number of hydrogen-bond donors (Lipinski definition) is 0. The van der Waals surface area contributed by atoms with E-state index in [1.807, 2.05) is 41.5 Å². The Morgan fingerprint density at radius 2 is 1.87 bits per heavy atom. The van der Waals surface area contributed by atoms with E-state index in [0.717, 1.165) is 0 Å². The summed E-state index contributed by atoms with van der Waals surface area (Å²) in [5.41, 5.74) is -0.481. The first-order valence-corrected chi connectivity index (χ1v) is 5.54. The maximum absolute atomic E-state index is 11.8. The van der Waals surface area contributed by atoms with Gasteiger partial charge in [0, 0.05) is 12.0 Å². The fourth-order valence-electron chi connectivity index (χ4n) is 1.87. The summed E-state index contributed by atoms with van der Waals surface area (Å²) >= 11 is 0. The highest BCUT2D eigenvalue weighted by Crippen LogP contribution is 2.54. The lowest BCUT2D eigenvalue weighted by atomic mass is 10.1. The van der Waals surface area contributed by atoms with Crippen molar-refractivity contribution in [2.24, 2.45) is 11.3 Å². The van der Waals surface area contributed by atoms with Gasteiger partial charge in [-0.3, -0.25) is 4.79 Å². The third kappa shape index (κ3) is 2.71. The van der Waals surface area contributed by atoms with Gasteiger partial charge < -0.3 is 9.47 Å². The zero-order valence-electron chi connectivity index (χ0n) is 10.6. The second-order valence-corrected chi connectivity index (χ2v) is 5.71. The van der Waals surface area contributed by atoms with Crippen molar-refractivity contribution in [2.75, 3.05) is 6.61 Å². The monoisotopic (exact) mass is 214 g/mol. The summed E-state index contributed by atoms with van der Waals surface area (Å²) in [6.45, 7) is 12.3. The molecule has 0 aliphatic heterocycles. The first-order chi connectivity index (χ1) is 6.70. The fourth-order valence-corrected chi connectivity index (χ4v) is 1.87. The van der Waals surface area contributed by atoms with Gasteiger partial charge in [-0.15, -0.1) is 0 Å². The molecular weight excluding hydrogens is 192 g/mol. The average molecular weight is 214 g/mol. The Hall–Kier alpha value is -0.570. The van der Waals surface area contributed by atoms with Gasteiger partial charge in [0.05, 0.1) is 12.0 Å². The minimum absolute atomic E-state index is 0.0253. The molecule has 0 N–H and O–H groups in total. The predicted molar refractivity (Wildman–Crippen MR) is 58.5 cm³/mol. The standard InChI is InChI=1S/C12H22O3/c1-7-14-9-8(12(9,5)6)10(13)15-11(2,3)4/h8-9H,7H2,1-6H3/t8-,9-/m1/s1. The zero-order valence-corrected chi connectivity index (χ0v) is 10.6. The van der Waals surface area contributed by atoms with Crippen LogP contribution in [-0.2, 0) is 14.3 Å². The van der Waals surface area contributed by atoms with Gasteiger partial charge in [-0.1, -0.05) is 13.8 Å². The van der Waals surface area contributed by atoms with Crippen molar-refractivity contribution in [3.63, 3.8) is 0 Å². The quantitative estimate of drug-likeness (QED) is 0.677. The van der Waals surface area contributed by atoms with Crippen molar-refractivity contribution in [3.05, 3.63) is 0 Å². The highest BCUT2D eigenvalue weighted by Gasteiger charge is 2.64. The molecule has 3 nitrogen and oxygen atoms in total. The Kier molecular flexibility index (Phi) is 3.15. The van der Waals surface area contributed by atoms with Gasteiger partial charge in [-0.25, -0.2) is 0 Å². The van der Waals surface area contributed by atoms with Gasteiger partial charge in [0.1, 0.15) is 5.60 Å². The van der Waals surface area contributed by atoms with E-state index < -0.39 is 5.60 Å². The molecule has 0 spiro atoms. The maximum atomic E-state index is 11.8. The lowest BCUT2D eigenvalue weighted by Gasteiger charge is -2.19. The molecule has 0 bridgehead atoms. The summed E-state index contributed by atoms with van der Waals surface area (Å²) in [5, 5.41) is 0. The number of carbonyl (C=O) groups is 1. The highest BCUT2D eigenvalue weighted by atomic mass is 16.6. The van der Waals surface area contributed by atoms with Crippen LogP contribution in [0, 0.1) is 11.3 Å². The Morgan fingerprint density at radius 3 is 2.27 bits per heavy atom. The van der Waals surface area contributed by atoms with Gasteiger partial charge in [0.2, 0.25) is 0 Å². The van der Waals surface area contributed by atoms with Gasteiger partial charge >= 0.3 is 5.97 Å². The van der Waals surface area contributed by atoms with Gasteiger partial charge in [0.15, 0.2) is 0 Å². The third-order valence-corrected chi connectivity index (χ3v) is 2.74. The molecular formula is C12H22O3. The fraction of sp³-hybridized carbons (Fsp3) is 0.917. The van der Waals surface area contributed by atoms with Gasteiger partial charge in [-0.2, -0.15) is 0 Å². The topological polar surface area (TPSA) is 35.5 Å². The normalized spacial score (nSPS) is 28.7. The minimum atomic E-state index is -0.410. The molecule has 0 aromatic rings. The van der Waals surface area contributed by atoms with E-state index >= 15 is 0 Å². The van der Waals surface area contributed by atoms with Crippen LogP contribution in [0.4, 0.5) is 0 Å². The molecule has 0 saturated heterocycles. The number of esters is 1. The third-order valence-electron chi connectivity index (χ3n) is 2.74. The number of ether oxygens (including phenoxy) is 2. The minimum Gasteiger partial charge on any atom is -0.460 e. The molecule has 0 amide bonds. The van der Waals surface area contributed by atoms with E-state index in [2.05, 4.69) is 0 Å². The molecule has 1 aliphatic carbocycles. The maximum Gasteiger partial charge on any atom is 0.312 e. The first kappa shape index (κ1) is 12.5. The lowest BCUT2D eigenvalue weighted by molar-refractivity contribution is -0.158. The van der Waals surface area contributed by atoms with E-state index in [4.69, 9.17) is 9.47 Å². The van der Waals surface area contributed by atoms with E-state index in [0.29, 0.717) is 6.61 Å². The SMILES string of the molecule is CCO[C@@H]1[C@H](C(=O)OC(C)(C)C)C1(C)C. The molecule has 1 saturated carbocycles. The second-order valence-electron chi connectivity index (χ2n) is 5.71. The Balaban J connectivity index is 2.56. The molecule has 3 heteroatoms. The van der Waals surface area contributed by atoms with E-state index in [1.54, 1.807) is 0 Å². The number of hydrogen-bond acceptors (Lipinski definition) is 3. The summed E-state index contributed by atoms with van der Waals surface area (Å²) in [5.74, 6) is -0.234. The molecule has 0 unspecified atom stereocenters. The molecule has 1 rings (SSSR count). The van der Waals surface area contributed by atoms with Crippen molar-refractivity contribution in [2.45, 2.75) is 53.2 Å². The summed E-state index contributed by atoms with van der Waals surface area (Å²) < 4.78 is 10.9. The van der Waals surface area contributed by atoms with Crippen LogP contribution < -0.4 is 0 Å². The Bertz CT molecular complexity index is 250. The molecule has 0 heterocycles. The average Bonchev–Trinajstić information content (AvgIpc) is 2.50. The van der Waals surface area contributed by atoms with Crippen molar-refractivity contribution in [1.82, 2.24) is 0 Å². The Labute approximate surface area is 92.1 Å². The van der Waals surface area contributed by atoms with Crippen LogP contribution in [0.5, 0.6) is 0 Å². The zero-order chi connectivity index (χ0) is 11.9. The van der Waals surface area contributed by atoms with Gasteiger partial charge in [-0.05, 0) is 27.7 Å². The number of carbonyl (C=O) groups excluding carboxylic acids is 1. The predicted octanol–water partition coefficient (Wildman–Crippen LogP) is 2.39. The van der Waals surface area contributed by atoms with Crippen molar-refractivity contribution in [1.29, 1.82) is 0 Å². The van der Waals surface area contributed by atoms with E-state index in [-0.39, 0.29) is 23.4 Å². The van der Waals surface area contributed by atoms with Crippen molar-refractivity contribution < 1.29 is 14.3 Å². The summed E-state index contributed by atoms with van der Waals surface area (Å²) in [6.07, 6.45) is 0.0253. The second kappa shape index (κ2) is 3.78. The van der Waals surface area contributed by atoms with Crippen LogP contribution in [0.1, 0.15) is 41.5 Å². The molecule has 15 heavy (non-hydrogen) atoms. The van der Waals surface area contributed by atoms with Crippen LogP contribution >= 0.6 is 0 Å². The van der Waals surface area contributed by atoms with Gasteiger partial charge in [0.25, 0.3) is 0 Å². The molecule has 88 valence electrons.